The van der Waals surface area contributed by atoms with Crippen molar-refractivity contribution in [3.05, 3.63) is 52.7 Å². The Morgan fingerprint density at radius 1 is 0.918 bits per heavy atom. The number of anilines is 1. The first-order valence-corrected chi connectivity index (χ1v) is 18.0. The summed E-state index contributed by atoms with van der Waals surface area (Å²) in [5.74, 6) is -0.551. The maximum atomic E-state index is 12.6. The molecule has 2 saturated heterocycles. The highest BCUT2D eigenvalue weighted by Crippen LogP contribution is 2.61. The van der Waals surface area contributed by atoms with Crippen molar-refractivity contribution < 1.29 is 67.0 Å². The molecule has 0 radical (unpaired) electrons. The summed E-state index contributed by atoms with van der Waals surface area (Å²) in [6.45, 7) is -1.82. The number of nitrogen functional groups attached to an aromatic ring is 1. The van der Waals surface area contributed by atoms with E-state index in [0.717, 1.165) is 11.3 Å². The quantitative estimate of drug-likeness (QED) is 0.0836. The second-order valence-electron chi connectivity index (χ2n) is 10.8. The molecule has 0 aliphatic carbocycles. The number of aliphatic hydroxyl groups is 4. The zero-order valence-electron chi connectivity index (χ0n) is 24.7. The smallest absolute Gasteiger partial charge is 0.387 e. The summed E-state index contributed by atoms with van der Waals surface area (Å²) in [6.07, 6.45) is -10.8. The fraction of sp³-hybridized carbons (Fsp3) is 0.400. The molecule has 2 aliphatic rings. The lowest BCUT2D eigenvalue weighted by atomic mass is 10.1. The van der Waals surface area contributed by atoms with Crippen LogP contribution >= 0.6 is 27.0 Å². The highest BCUT2D eigenvalue weighted by atomic mass is 32.1. The van der Waals surface area contributed by atoms with Crippen LogP contribution in [0.1, 0.15) is 27.8 Å². The molecule has 10 atom stereocenters. The Morgan fingerprint density at radius 2 is 1.55 bits per heavy atom. The lowest BCUT2D eigenvalue weighted by Crippen LogP contribution is -2.33. The third-order valence-corrected chi connectivity index (χ3v) is 11.0. The minimum Gasteiger partial charge on any atom is -0.387 e. The molecule has 0 spiro atoms. The highest BCUT2D eigenvalue weighted by molar-refractivity contribution is 7.61. The molecule has 10 N–H and O–H groups in total. The van der Waals surface area contributed by atoms with Crippen molar-refractivity contribution in [2.75, 3.05) is 18.9 Å². The van der Waals surface area contributed by atoms with Crippen LogP contribution in [-0.4, -0.2) is 110 Å². The van der Waals surface area contributed by atoms with Crippen LogP contribution in [0.3, 0.4) is 0 Å². The number of rotatable bonds is 12. The summed E-state index contributed by atoms with van der Waals surface area (Å²) in [5, 5.41) is 43.5. The first kappa shape index (κ1) is 35.5. The normalized spacial score (nSPS) is 29.6. The van der Waals surface area contributed by atoms with Gasteiger partial charge < -0.3 is 51.2 Å². The van der Waals surface area contributed by atoms with Crippen molar-refractivity contribution >= 4 is 49.9 Å². The molecular weight excluding hydrogens is 716 g/mol. The van der Waals surface area contributed by atoms with Crippen LogP contribution in [0.2, 0.25) is 0 Å². The minimum atomic E-state index is -5.41. The van der Waals surface area contributed by atoms with Crippen LogP contribution in [0.25, 0.3) is 22.6 Å². The number of nitrogens with two attached hydrogens (primary N) is 2. The van der Waals surface area contributed by atoms with Gasteiger partial charge in [-0.15, -0.1) is 11.3 Å². The molecule has 2 aliphatic heterocycles. The molecule has 1 aromatic carbocycles. The molecule has 0 bridgehead atoms. The predicted octanol–water partition coefficient (Wildman–Crippen LogP) is -0.637. The van der Waals surface area contributed by atoms with Gasteiger partial charge in [0, 0.05) is 10.9 Å². The number of phosphoric acid groups is 2. The van der Waals surface area contributed by atoms with Crippen molar-refractivity contribution in [1.29, 1.82) is 0 Å². The molecule has 49 heavy (non-hydrogen) atoms. The molecule has 2 fully saturated rings. The monoisotopic (exact) mass is 745 g/mol. The molecular formula is C25H29N7O14P2S. The number of amides is 1. The van der Waals surface area contributed by atoms with Crippen LogP contribution in [0.5, 0.6) is 0 Å². The number of phosphoric ester groups is 2. The number of hydrogen-bond acceptors (Lipinski definition) is 18. The van der Waals surface area contributed by atoms with Gasteiger partial charge in [-0.2, -0.15) is 4.31 Å². The van der Waals surface area contributed by atoms with Gasteiger partial charge in [0.15, 0.2) is 23.5 Å². The molecule has 6 rings (SSSR count). The lowest BCUT2D eigenvalue weighted by molar-refractivity contribution is -0.0507. The molecule has 5 heterocycles. The number of aliphatic hydroxyl groups excluding tert-OH is 4. The van der Waals surface area contributed by atoms with Crippen LogP contribution in [0, 0.1) is 0 Å². The van der Waals surface area contributed by atoms with Gasteiger partial charge in [0.25, 0.3) is 5.91 Å². The van der Waals surface area contributed by atoms with Gasteiger partial charge in [-0.3, -0.25) is 18.4 Å². The van der Waals surface area contributed by atoms with Gasteiger partial charge in [0.2, 0.25) is 0 Å². The van der Waals surface area contributed by atoms with Gasteiger partial charge in [-0.25, -0.2) is 29.1 Å². The van der Waals surface area contributed by atoms with E-state index in [9.17, 15) is 44.1 Å². The average Bonchev–Trinajstić information content (AvgIpc) is 3.83. The topological polar surface area (TPSA) is 327 Å². The van der Waals surface area contributed by atoms with Crippen molar-refractivity contribution in [3.8, 4) is 11.4 Å². The predicted molar refractivity (Wildman–Crippen MR) is 164 cm³/mol. The number of nitrogens with zero attached hydrogens (tertiary/aromatic N) is 5. The third-order valence-electron chi connectivity index (χ3n) is 7.48. The lowest BCUT2D eigenvalue weighted by Gasteiger charge is -2.20. The largest absolute Gasteiger partial charge is 0.481 e. The number of carbonyl (C=O) groups excluding carboxylic acids is 1. The number of thiazole rings is 1. The number of fused-ring (bicyclic) bond motifs is 1. The minimum absolute atomic E-state index is 0.0350. The molecule has 3 aromatic heterocycles. The SMILES string of the molecule is NC(=O)c1csc([C@@H]2O[C@H](COP(=O)(O)OP(=O)(O)OC[C@H]3O[C@@H](n4cnc5c(N)nc(-c6ccccc6)nc54)[C@H](O)[C@@H]3O)[C@@H](O)[C@H]2O)n1. The van der Waals surface area contributed by atoms with Crippen LogP contribution in [-0.2, 0) is 32.0 Å². The number of ether oxygens (including phenoxy) is 2. The fourth-order valence-corrected chi connectivity index (χ4v) is 8.04. The molecule has 0 saturated carbocycles. The summed E-state index contributed by atoms with van der Waals surface area (Å²) >= 11 is 0.907. The maximum Gasteiger partial charge on any atom is 0.481 e. The highest BCUT2D eigenvalue weighted by Gasteiger charge is 2.48. The van der Waals surface area contributed by atoms with Crippen molar-refractivity contribution in [2.45, 2.75) is 49.0 Å². The fourth-order valence-electron chi connectivity index (χ4n) is 5.07. The van der Waals surface area contributed by atoms with Gasteiger partial charge in [0.1, 0.15) is 58.9 Å². The molecule has 4 aromatic rings. The van der Waals surface area contributed by atoms with E-state index in [1.807, 2.05) is 0 Å². The Kier molecular flexibility index (Phi) is 9.98. The first-order valence-electron chi connectivity index (χ1n) is 14.1. The van der Waals surface area contributed by atoms with E-state index in [0.29, 0.717) is 5.56 Å². The third kappa shape index (κ3) is 7.43. The Labute approximate surface area is 278 Å². The summed E-state index contributed by atoms with van der Waals surface area (Å²) in [5.41, 5.74) is 12.1. The van der Waals surface area contributed by atoms with E-state index in [-0.39, 0.29) is 33.5 Å². The van der Waals surface area contributed by atoms with Crippen molar-refractivity contribution in [2.24, 2.45) is 5.73 Å². The molecule has 264 valence electrons. The summed E-state index contributed by atoms with van der Waals surface area (Å²) < 4.78 is 51.3. The molecule has 21 nitrogen and oxygen atoms in total. The summed E-state index contributed by atoms with van der Waals surface area (Å²) in [7, 11) is -10.8. The van der Waals surface area contributed by atoms with E-state index < -0.39 is 83.7 Å². The number of aromatic nitrogens is 5. The van der Waals surface area contributed by atoms with E-state index >= 15 is 0 Å². The zero-order chi connectivity index (χ0) is 35.2. The van der Waals surface area contributed by atoms with Gasteiger partial charge in [0.05, 0.1) is 19.5 Å². The molecule has 2 unspecified atom stereocenters. The standard InChI is InChI=1S/C25H29N7O14P2S/c26-20-14-23(31-22(30-20)10-4-2-1-3-5-10)32(9-28-14)25-18(36)16(34)13(45-25)7-43-48(40,41)46-47(38,39)42-6-12-15(33)17(35)19(44-12)24-29-11(8-49-24)21(27)37/h1-5,8-9,12-13,15-19,25,33-36H,6-7H2,(H2,27,37)(H,38,39)(H,40,41)(H2,26,30,31)/t12-,13-,15-,16-,17-,18-,19-,25-/m1/s1. The van der Waals surface area contributed by atoms with Crippen molar-refractivity contribution in [1.82, 2.24) is 24.5 Å². The van der Waals surface area contributed by atoms with E-state index in [4.69, 9.17) is 30.0 Å². The Hall–Kier alpha value is -3.31. The summed E-state index contributed by atoms with van der Waals surface area (Å²) in [4.78, 5) is 48.3. The Balaban J connectivity index is 1.06. The number of benzene rings is 1. The van der Waals surface area contributed by atoms with E-state index in [1.54, 1.807) is 30.3 Å². The van der Waals surface area contributed by atoms with Crippen molar-refractivity contribution in [3.63, 3.8) is 0 Å². The van der Waals surface area contributed by atoms with Gasteiger partial charge >= 0.3 is 15.6 Å². The number of carbonyl (C=O) groups is 1. The maximum absolute atomic E-state index is 12.6. The average molecular weight is 746 g/mol. The molecule has 24 heteroatoms. The Morgan fingerprint density at radius 3 is 2.18 bits per heavy atom. The van der Waals surface area contributed by atoms with Crippen LogP contribution < -0.4 is 11.5 Å². The first-order chi connectivity index (χ1) is 23.1. The molecule has 1 amide bonds. The van der Waals surface area contributed by atoms with Crippen LogP contribution in [0.15, 0.2) is 42.0 Å². The Bertz CT molecular complexity index is 1930. The van der Waals surface area contributed by atoms with Gasteiger partial charge in [-0.1, -0.05) is 30.3 Å². The second kappa shape index (κ2) is 13.8. The van der Waals surface area contributed by atoms with Gasteiger partial charge in [-0.05, 0) is 0 Å². The van der Waals surface area contributed by atoms with E-state index in [1.165, 1.54) is 16.3 Å². The second-order valence-corrected chi connectivity index (χ2v) is 14.7. The summed E-state index contributed by atoms with van der Waals surface area (Å²) in [6, 6.07) is 8.86. The number of hydrogen-bond donors (Lipinski definition) is 8. The van der Waals surface area contributed by atoms with Crippen LogP contribution in [0.4, 0.5) is 5.82 Å². The number of imidazole rings is 1. The number of primary amides is 1. The zero-order valence-corrected chi connectivity index (χ0v) is 27.3. The van der Waals surface area contributed by atoms with E-state index in [2.05, 4.69) is 24.2 Å².